The Morgan fingerprint density at radius 2 is 1.12 bits per heavy atom. The molecule has 5 heteroatoms. The third-order valence-corrected chi connectivity index (χ3v) is 5.97. The lowest BCUT2D eigenvalue weighted by Gasteiger charge is -2.35. The van der Waals surface area contributed by atoms with Crippen LogP contribution in [0.3, 0.4) is 0 Å². The fraction of sp³-hybridized carbons (Fsp3) is 0.750. The maximum absolute atomic E-state index is 11.1. The Hall–Kier alpha value is -1.65. The summed E-state index contributed by atoms with van der Waals surface area (Å²) in [7, 11) is 0. The molecule has 5 nitrogen and oxygen atoms in total. The number of piperidine rings is 3. The molecule has 3 saturated heterocycles. The van der Waals surface area contributed by atoms with E-state index in [1.165, 1.54) is 57.8 Å². The molecule has 0 atom stereocenters. The summed E-state index contributed by atoms with van der Waals surface area (Å²) in [6, 6.07) is 2.15. The van der Waals surface area contributed by atoms with E-state index >= 15 is 0 Å². The first-order valence-electron chi connectivity index (χ1n) is 10.3. The summed E-state index contributed by atoms with van der Waals surface area (Å²) >= 11 is 0. The predicted molar refractivity (Wildman–Crippen MR) is 104 cm³/mol. The third kappa shape index (κ3) is 3.65. The molecule has 1 aromatic heterocycles. The maximum atomic E-state index is 11.1. The van der Waals surface area contributed by atoms with Crippen LogP contribution in [-0.2, 0) is 0 Å². The molecule has 0 spiro atoms. The Morgan fingerprint density at radius 3 is 1.68 bits per heavy atom. The number of hydrogen-bond donors (Lipinski definition) is 1. The average molecular weight is 345 g/mol. The van der Waals surface area contributed by atoms with Gasteiger partial charge in [0.1, 0.15) is 5.82 Å². The molecule has 138 valence electrons. The fourth-order valence-corrected chi connectivity index (χ4v) is 4.49. The van der Waals surface area contributed by atoms with Crippen LogP contribution in [0.2, 0.25) is 0 Å². The van der Waals surface area contributed by atoms with Crippen molar-refractivity contribution in [2.45, 2.75) is 57.8 Å². The highest BCUT2D eigenvalue weighted by atomic mass is 16.3. The molecule has 4 heterocycles. The first kappa shape index (κ1) is 16.8. The molecule has 0 aromatic carbocycles. The molecule has 0 radical (unpaired) electrons. The molecule has 3 fully saturated rings. The Morgan fingerprint density at radius 1 is 0.640 bits per heavy atom. The third-order valence-electron chi connectivity index (χ3n) is 5.97. The molecule has 0 saturated carbocycles. The van der Waals surface area contributed by atoms with Gasteiger partial charge in [-0.05, 0) is 57.8 Å². The number of aromatic nitrogens is 1. The number of nitrogens with zero attached hydrogens (tertiary/aromatic N) is 4. The molecule has 4 rings (SSSR count). The minimum absolute atomic E-state index is 0.407. The summed E-state index contributed by atoms with van der Waals surface area (Å²) in [5.41, 5.74) is 1.01. The first-order valence-corrected chi connectivity index (χ1v) is 10.3. The fourth-order valence-electron chi connectivity index (χ4n) is 4.49. The summed E-state index contributed by atoms with van der Waals surface area (Å²) in [6.45, 7) is 6.33. The topological polar surface area (TPSA) is 42.8 Å². The van der Waals surface area contributed by atoms with Crippen molar-refractivity contribution >= 4 is 17.3 Å². The van der Waals surface area contributed by atoms with Crippen molar-refractivity contribution < 1.29 is 5.11 Å². The van der Waals surface area contributed by atoms with Crippen molar-refractivity contribution in [1.29, 1.82) is 0 Å². The van der Waals surface area contributed by atoms with Gasteiger partial charge in [0.25, 0.3) is 0 Å². The molecule has 1 N–H and O–H groups in total. The van der Waals surface area contributed by atoms with Crippen LogP contribution in [0, 0.1) is 0 Å². The molecule has 0 bridgehead atoms. The van der Waals surface area contributed by atoms with Crippen molar-refractivity contribution in [2.75, 3.05) is 54.0 Å². The Labute approximate surface area is 151 Å². The van der Waals surface area contributed by atoms with E-state index in [1.807, 2.05) is 0 Å². The van der Waals surface area contributed by atoms with E-state index in [4.69, 9.17) is 4.98 Å². The molecule has 1 aromatic rings. The van der Waals surface area contributed by atoms with Crippen molar-refractivity contribution in [3.05, 3.63) is 6.07 Å². The Bertz CT molecular complexity index is 534. The van der Waals surface area contributed by atoms with Gasteiger partial charge >= 0.3 is 0 Å². The number of anilines is 3. The maximum Gasteiger partial charge on any atom is 0.182 e. The van der Waals surface area contributed by atoms with E-state index in [0.29, 0.717) is 5.75 Å². The highest BCUT2D eigenvalue weighted by Gasteiger charge is 2.25. The van der Waals surface area contributed by atoms with Gasteiger partial charge in [-0.3, -0.25) is 0 Å². The van der Waals surface area contributed by atoms with Crippen molar-refractivity contribution in [2.24, 2.45) is 0 Å². The summed E-state index contributed by atoms with van der Waals surface area (Å²) in [6.07, 6.45) is 11.3. The van der Waals surface area contributed by atoms with E-state index in [1.54, 1.807) is 0 Å². The first-order chi connectivity index (χ1) is 12.3. The minimum atomic E-state index is 0.407. The molecule has 0 unspecified atom stereocenters. The smallest absolute Gasteiger partial charge is 0.182 e. The van der Waals surface area contributed by atoms with Gasteiger partial charge in [0, 0.05) is 45.3 Å². The van der Waals surface area contributed by atoms with Gasteiger partial charge in [0.2, 0.25) is 0 Å². The summed E-state index contributed by atoms with van der Waals surface area (Å²) in [5.74, 6) is 2.30. The van der Waals surface area contributed by atoms with Crippen LogP contribution in [0.1, 0.15) is 57.8 Å². The molecular formula is C20H32N4O. The van der Waals surface area contributed by atoms with Gasteiger partial charge in [0.05, 0.1) is 5.69 Å². The number of aromatic hydroxyl groups is 1. The van der Waals surface area contributed by atoms with Crippen LogP contribution in [0.25, 0.3) is 0 Å². The predicted octanol–water partition coefficient (Wildman–Crippen LogP) is 3.76. The van der Waals surface area contributed by atoms with Crippen LogP contribution in [0.5, 0.6) is 5.75 Å². The van der Waals surface area contributed by atoms with E-state index in [-0.39, 0.29) is 0 Å². The second-order valence-electron chi connectivity index (χ2n) is 7.81. The minimum Gasteiger partial charge on any atom is -0.503 e. The van der Waals surface area contributed by atoms with Crippen LogP contribution >= 0.6 is 0 Å². The van der Waals surface area contributed by atoms with Crippen LogP contribution in [-0.4, -0.2) is 49.4 Å². The van der Waals surface area contributed by atoms with Crippen LogP contribution < -0.4 is 14.7 Å². The number of pyridine rings is 1. The van der Waals surface area contributed by atoms with Gasteiger partial charge in [-0.25, -0.2) is 4.98 Å². The Kier molecular flexibility index (Phi) is 5.18. The lowest BCUT2D eigenvalue weighted by atomic mass is 10.1. The highest BCUT2D eigenvalue weighted by Crippen LogP contribution is 2.40. The Balaban J connectivity index is 1.70. The summed E-state index contributed by atoms with van der Waals surface area (Å²) < 4.78 is 0. The molecule has 25 heavy (non-hydrogen) atoms. The quantitative estimate of drug-likeness (QED) is 0.904. The zero-order valence-corrected chi connectivity index (χ0v) is 15.4. The lowest BCUT2D eigenvalue weighted by molar-refractivity contribution is 0.460. The molecule has 0 aliphatic carbocycles. The number of rotatable bonds is 3. The van der Waals surface area contributed by atoms with Crippen molar-refractivity contribution in [1.82, 2.24) is 4.98 Å². The van der Waals surface area contributed by atoms with Gasteiger partial charge in [-0.2, -0.15) is 0 Å². The van der Waals surface area contributed by atoms with E-state index in [0.717, 1.165) is 56.6 Å². The van der Waals surface area contributed by atoms with Gasteiger partial charge in [0.15, 0.2) is 11.6 Å². The van der Waals surface area contributed by atoms with Crippen molar-refractivity contribution in [3.8, 4) is 5.75 Å². The second-order valence-corrected chi connectivity index (χ2v) is 7.81. The zero-order valence-electron chi connectivity index (χ0n) is 15.4. The summed E-state index contributed by atoms with van der Waals surface area (Å²) in [4.78, 5) is 12.1. The molecular weight excluding hydrogens is 312 g/mol. The van der Waals surface area contributed by atoms with Crippen molar-refractivity contribution in [3.63, 3.8) is 0 Å². The van der Waals surface area contributed by atoms with Gasteiger partial charge in [-0.15, -0.1) is 0 Å². The average Bonchev–Trinajstić information content (AvgIpc) is 2.70. The molecule has 0 amide bonds. The standard InChI is InChI=1S/C20H32N4O/c25-19-17(22-10-4-1-5-11-22)16-18(23-12-6-2-7-13-23)21-20(19)24-14-8-3-9-15-24/h16,25H,1-15H2. The second kappa shape index (κ2) is 7.71. The van der Waals surface area contributed by atoms with Gasteiger partial charge < -0.3 is 19.8 Å². The summed E-state index contributed by atoms with van der Waals surface area (Å²) in [5, 5.41) is 11.1. The lowest BCUT2D eigenvalue weighted by Crippen LogP contribution is -2.34. The normalized spacial score (nSPS) is 22.3. The monoisotopic (exact) mass is 344 g/mol. The number of hydrogen-bond acceptors (Lipinski definition) is 5. The van der Waals surface area contributed by atoms with E-state index in [9.17, 15) is 5.11 Å². The van der Waals surface area contributed by atoms with E-state index < -0.39 is 0 Å². The van der Waals surface area contributed by atoms with Crippen LogP contribution in [0.4, 0.5) is 17.3 Å². The van der Waals surface area contributed by atoms with E-state index in [2.05, 4.69) is 20.8 Å². The highest BCUT2D eigenvalue weighted by molar-refractivity contribution is 5.74. The molecule has 3 aliphatic rings. The van der Waals surface area contributed by atoms with Crippen LogP contribution in [0.15, 0.2) is 6.07 Å². The van der Waals surface area contributed by atoms with Gasteiger partial charge in [-0.1, -0.05) is 0 Å². The SMILES string of the molecule is Oc1c(N2CCCCC2)cc(N2CCCCC2)nc1N1CCCCC1. The largest absolute Gasteiger partial charge is 0.503 e. The molecule has 3 aliphatic heterocycles. The zero-order chi connectivity index (χ0) is 17.1.